The Morgan fingerprint density at radius 3 is 2.83 bits per heavy atom. The van der Waals surface area contributed by atoms with E-state index in [4.69, 9.17) is 9.84 Å². The van der Waals surface area contributed by atoms with E-state index in [1.54, 1.807) is 0 Å². The summed E-state index contributed by atoms with van der Waals surface area (Å²) in [5.41, 5.74) is 0. The van der Waals surface area contributed by atoms with E-state index in [-0.39, 0.29) is 12.5 Å². The first-order chi connectivity index (χ1) is 5.59. The van der Waals surface area contributed by atoms with Gasteiger partial charge in [0, 0.05) is 13.0 Å². The minimum absolute atomic E-state index is 0.227. The second-order valence-corrected chi connectivity index (χ2v) is 3.71. The number of hydrogen-bond donors (Lipinski definition) is 1. The quantitative estimate of drug-likeness (QED) is 0.687. The Morgan fingerprint density at radius 1 is 1.58 bits per heavy atom. The van der Waals surface area contributed by atoms with Crippen LogP contribution in [0.2, 0.25) is 0 Å². The van der Waals surface area contributed by atoms with Gasteiger partial charge in [-0.2, -0.15) is 0 Å². The molecule has 1 rings (SSSR count). The summed E-state index contributed by atoms with van der Waals surface area (Å²) in [7, 11) is 0. The van der Waals surface area contributed by atoms with Crippen LogP contribution in [0.1, 0.15) is 26.7 Å². The highest BCUT2D eigenvalue weighted by Gasteiger charge is 2.27. The van der Waals surface area contributed by atoms with E-state index in [9.17, 15) is 4.79 Å². The lowest BCUT2D eigenvalue weighted by atomic mass is 9.85. The van der Waals surface area contributed by atoms with E-state index in [2.05, 4.69) is 6.92 Å². The van der Waals surface area contributed by atoms with Crippen molar-refractivity contribution >= 4 is 5.97 Å². The molecule has 1 aliphatic heterocycles. The standard InChI is InChI=1S/C9H16O3/c1-6-5-12-7(2)3-8(6)4-9(10)11/h6-8H,3-5H2,1-2H3,(H,10,11)/t6?,7-,8?/m0/s1. The van der Waals surface area contributed by atoms with Gasteiger partial charge < -0.3 is 9.84 Å². The monoisotopic (exact) mass is 172 g/mol. The molecule has 0 spiro atoms. The van der Waals surface area contributed by atoms with Crippen molar-refractivity contribution in [2.75, 3.05) is 6.61 Å². The maximum Gasteiger partial charge on any atom is 0.303 e. The fourth-order valence-corrected chi connectivity index (χ4v) is 1.69. The van der Waals surface area contributed by atoms with Gasteiger partial charge in [-0.3, -0.25) is 4.79 Å². The molecule has 2 unspecified atom stereocenters. The largest absolute Gasteiger partial charge is 0.481 e. The SMILES string of the molecule is CC1CO[C@@H](C)CC1CC(=O)O. The Balaban J connectivity index is 2.43. The maximum atomic E-state index is 10.5. The summed E-state index contributed by atoms with van der Waals surface area (Å²) in [6.07, 6.45) is 1.40. The molecule has 0 amide bonds. The average Bonchev–Trinajstić information content (AvgIpc) is 1.96. The van der Waals surface area contributed by atoms with Crippen molar-refractivity contribution in [3.63, 3.8) is 0 Å². The third-order valence-corrected chi connectivity index (χ3v) is 2.52. The Morgan fingerprint density at radius 2 is 2.25 bits per heavy atom. The lowest BCUT2D eigenvalue weighted by Crippen LogP contribution is -2.31. The smallest absolute Gasteiger partial charge is 0.303 e. The molecule has 0 radical (unpaired) electrons. The topological polar surface area (TPSA) is 46.5 Å². The first kappa shape index (κ1) is 9.52. The zero-order valence-electron chi connectivity index (χ0n) is 7.62. The van der Waals surface area contributed by atoms with Crippen LogP contribution in [0, 0.1) is 11.8 Å². The van der Waals surface area contributed by atoms with Gasteiger partial charge in [0.25, 0.3) is 0 Å². The highest BCUT2D eigenvalue weighted by atomic mass is 16.5. The number of carboxylic acid groups (broad SMARTS) is 1. The third-order valence-electron chi connectivity index (χ3n) is 2.52. The number of rotatable bonds is 2. The van der Waals surface area contributed by atoms with Crippen LogP contribution < -0.4 is 0 Å². The summed E-state index contributed by atoms with van der Waals surface area (Å²) in [6.45, 7) is 4.76. The molecule has 1 N–H and O–H groups in total. The predicted octanol–water partition coefficient (Wildman–Crippen LogP) is 1.52. The fraction of sp³-hybridized carbons (Fsp3) is 0.889. The maximum absolute atomic E-state index is 10.5. The van der Waals surface area contributed by atoms with Crippen LogP contribution in [0.4, 0.5) is 0 Å². The molecule has 0 aromatic carbocycles. The Labute approximate surface area is 72.7 Å². The van der Waals surface area contributed by atoms with Crippen molar-refractivity contribution in [1.29, 1.82) is 0 Å². The summed E-state index contributed by atoms with van der Waals surface area (Å²) >= 11 is 0. The molecule has 0 aromatic heterocycles. The number of carbonyl (C=O) groups is 1. The highest BCUT2D eigenvalue weighted by Crippen LogP contribution is 2.27. The van der Waals surface area contributed by atoms with E-state index in [1.165, 1.54) is 0 Å². The molecular formula is C9H16O3. The second kappa shape index (κ2) is 3.90. The van der Waals surface area contributed by atoms with Gasteiger partial charge in [0.2, 0.25) is 0 Å². The van der Waals surface area contributed by atoms with E-state index in [1.807, 2.05) is 6.92 Å². The fourth-order valence-electron chi connectivity index (χ4n) is 1.69. The van der Waals surface area contributed by atoms with Crippen molar-refractivity contribution in [3.8, 4) is 0 Å². The molecule has 3 heteroatoms. The molecule has 0 aliphatic carbocycles. The van der Waals surface area contributed by atoms with Crippen LogP contribution in [0.15, 0.2) is 0 Å². The van der Waals surface area contributed by atoms with Crippen LogP contribution in [0.3, 0.4) is 0 Å². The van der Waals surface area contributed by atoms with E-state index in [0.29, 0.717) is 18.4 Å². The normalized spacial score (nSPS) is 36.3. The van der Waals surface area contributed by atoms with Gasteiger partial charge in [0.05, 0.1) is 6.10 Å². The predicted molar refractivity (Wildman–Crippen MR) is 44.9 cm³/mol. The molecular weight excluding hydrogens is 156 g/mol. The van der Waals surface area contributed by atoms with Gasteiger partial charge in [-0.1, -0.05) is 6.92 Å². The highest BCUT2D eigenvalue weighted by molar-refractivity contribution is 5.67. The average molecular weight is 172 g/mol. The van der Waals surface area contributed by atoms with Crippen LogP contribution in [0.25, 0.3) is 0 Å². The van der Waals surface area contributed by atoms with Crippen molar-refractivity contribution < 1.29 is 14.6 Å². The van der Waals surface area contributed by atoms with Crippen LogP contribution in [-0.2, 0) is 9.53 Å². The summed E-state index contributed by atoms with van der Waals surface area (Å²) in [4.78, 5) is 10.5. The van der Waals surface area contributed by atoms with Gasteiger partial charge in [0.1, 0.15) is 0 Å². The molecule has 0 bridgehead atoms. The van der Waals surface area contributed by atoms with Crippen molar-refractivity contribution in [2.45, 2.75) is 32.8 Å². The zero-order valence-corrected chi connectivity index (χ0v) is 7.62. The van der Waals surface area contributed by atoms with Gasteiger partial charge in [-0.15, -0.1) is 0 Å². The lowest BCUT2D eigenvalue weighted by Gasteiger charge is -2.31. The molecule has 70 valence electrons. The van der Waals surface area contributed by atoms with Crippen molar-refractivity contribution in [2.24, 2.45) is 11.8 Å². The van der Waals surface area contributed by atoms with Crippen LogP contribution >= 0.6 is 0 Å². The van der Waals surface area contributed by atoms with Gasteiger partial charge >= 0.3 is 5.97 Å². The number of ether oxygens (including phenoxy) is 1. The third kappa shape index (κ3) is 2.48. The Kier molecular flexibility index (Phi) is 3.09. The molecule has 0 aromatic rings. The minimum atomic E-state index is -0.694. The van der Waals surface area contributed by atoms with Gasteiger partial charge in [-0.25, -0.2) is 0 Å². The molecule has 3 atom stereocenters. The van der Waals surface area contributed by atoms with Gasteiger partial charge in [0.15, 0.2) is 0 Å². The number of hydrogen-bond acceptors (Lipinski definition) is 2. The summed E-state index contributed by atoms with van der Waals surface area (Å²) < 4.78 is 5.41. The molecule has 12 heavy (non-hydrogen) atoms. The summed E-state index contributed by atoms with van der Waals surface area (Å²) in [6, 6.07) is 0. The van der Waals surface area contributed by atoms with Crippen LogP contribution in [0.5, 0.6) is 0 Å². The Bertz CT molecular complexity index is 167. The molecule has 1 heterocycles. The Hall–Kier alpha value is -0.570. The van der Waals surface area contributed by atoms with Gasteiger partial charge in [-0.05, 0) is 25.2 Å². The summed E-state index contributed by atoms with van der Waals surface area (Å²) in [5, 5.41) is 8.63. The van der Waals surface area contributed by atoms with Crippen molar-refractivity contribution in [3.05, 3.63) is 0 Å². The minimum Gasteiger partial charge on any atom is -0.481 e. The van der Waals surface area contributed by atoms with Crippen LogP contribution in [-0.4, -0.2) is 23.8 Å². The van der Waals surface area contributed by atoms with E-state index < -0.39 is 5.97 Å². The van der Waals surface area contributed by atoms with E-state index in [0.717, 1.165) is 6.42 Å². The molecule has 1 fully saturated rings. The number of aliphatic carboxylic acids is 1. The van der Waals surface area contributed by atoms with Crippen molar-refractivity contribution in [1.82, 2.24) is 0 Å². The lowest BCUT2D eigenvalue weighted by molar-refractivity contribution is -0.140. The summed E-state index contributed by atoms with van der Waals surface area (Å²) in [5.74, 6) is -0.00972. The first-order valence-corrected chi connectivity index (χ1v) is 4.43. The first-order valence-electron chi connectivity index (χ1n) is 4.43. The number of carboxylic acids is 1. The van der Waals surface area contributed by atoms with E-state index >= 15 is 0 Å². The second-order valence-electron chi connectivity index (χ2n) is 3.71. The molecule has 3 nitrogen and oxygen atoms in total. The molecule has 1 saturated heterocycles. The molecule has 0 saturated carbocycles. The molecule has 1 aliphatic rings. The zero-order chi connectivity index (χ0) is 9.14.